The molecule has 1 aromatic carbocycles. The summed E-state index contributed by atoms with van der Waals surface area (Å²) in [4.78, 5) is 0. The van der Waals surface area contributed by atoms with Crippen LogP contribution in [0, 0.1) is 0 Å². The molecule has 0 bridgehead atoms. The number of fused-ring (bicyclic) bond motifs is 1. The molecule has 1 N–H and O–H groups in total. The predicted molar refractivity (Wildman–Crippen MR) is 70.3 cm³/mol. The quantitative estimate of drug-likeness (QED) is 0.799. The van der Waals surface area contributed by atoms with E-state index in [1.165, 1.54) is 11.1 Å². The normalized spacial score (nSPS) is 21.0. The Balaban J connectivity index is 1.92. The van der Waals surface area contributed by atoms with Crippen LogP contribution in [0.1, 0.15) is 30.9 Å². The van der Waals surface area contributed by atoms with Crippen molar-refractivity contribution in [1.29, 1.82) is 0 Å². The van der Waals surface area contributed by atoms with E-state index in [1.807, 2.05) is 0 Å². The first kappa shape index (κ1) is 10.8. The first-order valence-electron chi connectivity index (χ1n) is 6.53. The van der Waals surface area contributed by atoms with Crippen LogP contribution in [-0.4, -0.2) is 18.7 Å². The van der Waals surface area contributed by atoms with E-state index in [-0.39, 0.29) is 5.60 Å². The van der Waals surface area contributed by atoms with Gasteiger partial charge < -0.3 is 10.1 Å². The van der Waals surface area contributed by atoms with E-state index in [0.717, 1.165) is 38.1 Å². The Kier molecular flexibility index (Phi) is 2.67. The fourth-order valence-electron chi connectivity index (χ4n) is 2.64. The number of ether oxygens (including phenoxy) is 1. The molecule has 0 aliphatic carbocycles. The molecule has 3 rings (SSSR count). The molecule has 0 radical (unpaired) electrons. The maximum atomic E-state index is 6.28. The Morgan fingerprint density at radius 1 is 1.29 bits per heavy atom. The van der Waals surface area contributed by atoms with E-state index < -0.39 is 0 Å². The second-order valence-electron chi connectivity index (χ2n) is 4.98. The molecule has 2 heterocycles. The number of nitrogens with one attached hydrogen (secondary N) is 1. The maximum Gasteiger partial charge on any atom is 0.130 e. The molecule has 1 fully saturated rings. The SMILES string of the molecule is CCc1ccc2c(c1)OC1(C=C2)CCNCC1. The molecule has 2 heteroatoms. The van der Waals surface area contributed by atoms with Crippen LogP contribution in [0.25, 0.3) is 6.08 Å². The van der Waals surface area contributed by atoms with Crippen molar-refractivity contribution in [3.63, 3.8) is 0 Å². The summed E-state index contributed by atoms with van der Waals surface area (Å²) in [5.41, 5.74) is 2.51. The van der Waals surface area contributed by atoms with Gasteiger partial charge in [0.05, 0.1) is 0 Å². The van der Waals surface area contributed by atoms with E-state index >= 15 is 0 Å². The molecule has 0 atom stereocenters. The third kappa shape index (κ3) is 1.98. The van der Waals surface area contributed by atoms with Crippen LogP contribution in [0.5, 0.6) is 5.75 Å². The largest absolute Gasteiger partial charge is 0.482 e. The molecule has 1 spiro atoms. The van der Waals surface area contributed by atoms with Crippen molar-refractivity contribution in [1.82, 2.24) is 5.32 Å². The van der Waals surface area contributed by atoms with Gasteiger partial charge in [-0.3, -0.25) is 0 Å². The van der Waals surface area contributed by atoms with E-state index in [4.69, 9.17) is 4.74 Å². The summed E-state index contributed by atoms with van der Waals surface area (Å²) in [6.45, 7) is 4.28. The van der Waals surface area contributed by atoms with E-state index in [0.29, 0.717) is 0 Å². The molecular weight excluding hydrogens is 210 g/mol. The highest BCUT2D eigenvalue weighted by atomic mass is 16.5. The number of rotatable bonds is 1. The van der Waals surface area contributed by atoms with Crippen LogP contribution in [0.3, 0.4) is 0 Å². The van der Waals surface area contributed by atoms with Crippen LogP contribution < -0.4 is 10.1 Å². The highest BCUT2D eigenvalue weighted by Crippen LogP contribution is 2.36. The van der Waals surface area contributed by atoms with Gasteiger partial charge in [-0.2, -0.15) is 0 Å². The Bertz CT molecular complexity index is 444. The van der Waals surface area contributed by atoms with Crippen LogP contribution in [0.2, 0.25) is 0 Å². The fraction of sp³-hybridized carbons (Fsp3) is 0.467. The first-order chi connectivity index (χ1) is 8.31. The predicted octanol–water partition coefficient (Wildman–Crippen LogP) is 2.78. The van der Waals surface area contributed by atoms with Crippen molar-refractivity contribution in [2.75, 3.05) is 13.1 Å². The minimum Gasteiger partial charge on any atom is -0.482 e. The Labute approximate surface area is 103 Å². The average molecular weight is 229 g/mol. The molecule has 0 saturated carbocycles. The molecular formula is C15H19NO. The maximum absolute atomic E-state index is 6.28. The zero-order chi connectivity index (χ0) is 11.7. The molecule has 0 unspecified atom stereocenters. The summed E-state index contributed by atoms with van der Waals surface area (Å²) in [5, 5.41) is 3.39. The lowest BCUT2D eigenvalue weighted by molar-refractivity contribution is 0.0822. The van der Waals surface area contributed by atoms with Gasteiger partial charge in [0.25, 0.3) is 0 Å². The Hall–Kier alpha value is -1.28. The highest BCUT2D eigenvalue weighted by Gasteiger charge is 2.34. The van der Waals surface area contributed by atoms with Crippen LogP contribution in [0.15, 0.2) is 24.3 Å². The molecule has 0 aromatic heterocycles. The smallest absolute Gasteiger partial charge is 0.130 e. The summed E-state index contributed by atoms with van der Waals surface area (Å²) in [7, 11) is 0. The molecule has 90 valence electrons. The fourth-order valence-corrected chi connectivity index (χ4v) is 2.64. The van der Waals surface area contributed by atoms with Crippen molar-refractivity contribution in [3.05, 3.63) is 35.4 Å². The second kappa shape index (κ2) is 4.19. The minimum absolute atomic E-state index is 0.0510. The molecule has 1 aromatic rings. The van der Waals surface area contributed by atoms with Gasteiger partial charge in [0.15, 0.2) is 0 Å². The highest BCUT2D eigenvalue weighted by molar-refractivity contribution is 5.61. The summed E-state index contributed by atoms with van der Waals surface area (Å²) >= 11 is 0. The monoisotopic (exact) mass is 229 g/mol. The first-order valence-corrected chi connectivity index (χ1v) is 6.53. The lowest BCUT2D eigenvalue weighted by Gasteiger charge is -2.38. The third-order valence-electron chi connectivity index (χ3n) is 3.82. The summed E-state index contributed by atoms with van der Waals surface area (Å²) in [6, 6.07) is 6.55. The van der Waals surface area contributed by atoms with Gasteiger partial charge in [-0.05, 0) is 37.2 Å². The number of aryl methyl sites for hydroxylation is 1. The van der Waals surface area contributed by atoms with Gasteiger partial charge in [0.2, 0.25) is 0 Å². The third-order valence-corrected chi connectivity index (χ3v) is 3.82. The lowest BCUT2D eigenvalue weighted by atomic mass is 9.89. The topological polar surface area (TPSA) is 21.3 Å². The minimum atomic E-state index is -0.0510. The molecule has 2 nitrogen and oxygen atoms in total. The summed E-state index contributed by atoms with van der Waals surface area (Å²) in [5.74, 6) is 1.06. The van der Waals surface area contributed by atoms with Crippen LogP contribution in [0.4, 0.5) is 0 Å². The Morgan fingerprint density at radius 3 is 2.88 bits per heavy atom. The lowest BCUT2D eigenvalue weighted by Crippen LogP contribution is -2.45. The zero-order valence-corrected chi connectivity index (χ0v) is 10.3. The van der Waals surface area contributed by atoms with E-state index in [9.17, 15) is 0 Å². The van der Waals surface area contributed by atoms with Gasteiger partial charge >= 0.3 is 0 Å². The van der Waals surface area contributed by atoms with Crippen molar-refractivity contribution in [2.45, 2.75) is 31.8 Å². The molecule has 17 heavy (non-hydrogen) atoms. The van der Waals surface area contributed by atoms with E-state index in [1.54, 1.807) is 0 Å². The number of hydrogen-bond donors (Lipinski definition) is 1. The van der Waals surface area contributed by atoms with Crippen molar-refractivity contribution >= 4 is 6.08 Å². The van der Waals surface area contributed by atoms with Gasteiger partial charge in [0.1, 0.15) is 11.4 Å². The summed E-state index contributed by atoms with van der Waals surface area (Å²) < 4.78 is 6.28. The van der Waals surface area contributed by atoms with Crippen molar-refractivity contribution in [3.8, 4) is 5.75 Å². The average Bonchev–Trinajstić information content (AvgIpc) is 2.39. The molecule has 2 aliphatic rings. The van der Waals surface area contributed by atoms with Gasteiger partial charge in [0, 0.05) is 18.4 Å². The van der Waals surface area contributed by atoms with Crippen molar-refractivity contribution in [2.24, 2.45) is 0 Å². The summed E-state index contributed by atoms with van der Waals surface area (Å²) in [6.07, 6.45) is 7.68. The van der Waals surface area contributed by atoms with Gasteiger partial charge in [-0.25, -0.2) is 0 Å². The number of hydrogen-bond acceptors (Lipinski definition) is 2. The van der Waals surface area contributed by atoms with Gasteiger partial charge in [-0.1, -0.05) is 25.1 Å². The standard InChI is InChI=1S/C15H19NO/c1-2-12-3-4-13-5-6-15(17-14(13)11-12)7-9-16-10-8-15/h3-6,11,16H,2,7-10H2,1H3. The van der Waals surface area contributed by atoms with Gasteiger partial charge in [-0.15, -0.1) is 0 Å². The van der Waals surface area contributed by atoms with Crippen molar-refractivity contribution < 1.29 is 4.74 Å². The van der Waals surface area contributed by atoms with Crippen LogP contribution >= 0.6 is 0 Å². The molecule has 2 aliphatic heterocycles. The zero-order valence-electron chi connectivity index (χ0n) is 10.3. The van der Waals surface area contributed by atoms with Crippen LogP contribution in [-0.2, 0) is 6.42 Å². The second-order valence-corrected chi connectivity index (χ2v) is 4.98. The molecule has 0 amide bonds. The number of piperidine rings is 1. The van der Waals surface area contributed by atoms with E-state index in [2.05, 4.69) is 42.6 Å². The Morgan fingerprint density at radius 2 is 2.12 bits per heavy atom. The molecule has 1 saturated heterocycles. The number of benzene rings is 1.